The average Bonchev–Trinajstić information content (AvgIpc) is 3.20. The molecule has 0 aliphatic carbocycles. The average molecular weight is 551 g/mol. The summed E-state index contributed by atoms with van der Waals surface area (Å²) in [7, 11) is 0. The van der Waals surface area contributed by atoms with Crippen LogP contribution in [0.3, 0.4) is 0 Å². The molecule has 4 rings (SSSR count). The summed E-state index contributed by atoms with van der Waals surface area (Å²) in [5.41, 5.74) is 2.12. The maximum Gasteiger partial charge on any atom is 0.295 e. The molecule has 2 aliphatic heterocycles. The van der Waals surface area contributed by atoms with Gasteiger partial charge in [0.05, 0.1) is 38.0 Å². The van der Waals surface area contributed by atoms with E-state index < -0.39 is 17.7 Å². The molecule has 1 unspecified atom stereocenters. The van der Waals surface area contributed by atoms with Gasteiger partial charge in [-0.15, -0.1) is 0 Å². The first-order valence-corrected chi connectivity index (χ1v) is 14.3. The lowest BCUT2D eigenvalue weighted by Gasteiger charge is -2.31. The standard InChI is InChI=1S/C32H42N2O6/c1-5-6-17-39-25-9-7-24(8-10-25)29-28(30(35)27-12-11-26(20-23(27)4)40-21-22(2)3)31(36)32(37)34(29)14-13-33-15-18-38-19-16-33/h7-12,20,22,29,35H,5-6,13-19,21H2,1-4H3/b30-28+. The van der Waals surface area contributed by atoms with E-state index in [1.54, 1.807) is 17.0 Å². The molecule has 2 aliphatic rings. The number of ketones is 1. The molecule has 1 amide bonds. The molecule has 1 atom stereocenters. The third kappa shape index (κ3) is 7.04. The van der Waals surface area contributed by atoms with Gasteiger partial charge in [-0.05, 0) is 60.7 Å². The summed E-state index contributed by atoms with van der Waals surface area (Å²) in [6.45, 7) is 13.2. The first-order valence-electron chi connectivity index (χ1n) is 14.3. The number of rotatable bonds is 12. The third-order valence-corrected chi connectivity index (χ3v) is 7.30. The van der Waals surface area contributed by atoms with E-state index in [0.29, 0.717) is 56.7 Å². The van der Waals surface area contributed by atoms with Crippen LogP contribution in [0.4, 0.5) is 0 Å². The summed E-state index contributed by atoms with van der Waals surface area (Å²) < 4.78 is 17.1. The number of hydrogen-bond acceptors (Lipinski definition) is 7. The normalized spacial score (nSPS) is 19.4. The van der Waals surface area contributed by atoms with E-state index in [1.807, 2.05) is 37.3 Å². The Morgan fingerprint density at radius 2 is 1.73 bits per heavy atom. The Bertz CT molecular complexity index is 1200. The SMILES string of the molecule is CCCCOc1ccc(C2/C(=C(\O)c3ccc(OCC(C)C)cc3C)C(=O)C(=O)N2CCN2CCOCC2)cc1. The summed E-state index contributed by atoms with van der Waals surface area (Å²) in [5, 5.41) is 11.6. The van der Waals surface area contributed by atoms with Crippen molar-refractivity contribution in [1.82, 2.24) is 9.80 Å². The monoisotopic (exact) mass is 550 g/mol. The maximum atomic E-state index is 13.5. The molecule has 1 N–H and O–H groups in total. The predicted molar refractivity (Wildman–Crippen MR) is 155 cm³/mol. The van der Waals surface area contributed by atoms with Gasteiger partial charge in [-0.1, -0.05) is 39.3 Å². The van der Waals surface area contributed by atoms with Crippen LogP contribution in [0.25, 0.3) is 5.76 Å². The van der Waals surface area contributed by atoms with Crippen LogP contribution in [0, 0.1) is 12.8 Å². The molecule has 2 aromatic carbocycles. The Hall–Kier alpha value is -3.36. The van der Waals surface area contributed by atoms with Gasteiger partial charge < -0.3 is 24.2 Å². The fourth-order valence-corrected chi connectivity index (χ4v) is 5.01. The molecule has 2 aromatic rings. The number of benzene rings is 2. The second-order valence-corrected chi connectivity index (χ2v) is 10.9. The topological polar surface area (TPSA) is 88.5 Å². The lowest BCUT2D eigenvalue weighted by Crippen LogP contribution is -2.42. The minimum atomic E-state index is -0.706. The second-order valence-electron chi connectivity index (χ2n) is 10.9. The van der Waals surface area contributed by atoms with Gasteiger partial charge in [-0.2, -0.15) is 0 Å². The molecule has 0 bridgehead atoms. The van der Waals surface area contributed by atoms with E-state index in [-0.39, 0.29) is 11.3 Å². The molecule has 216 valence electrons. The maximum absolute atomic E-state index is 13.5. The number of carbonyl (C=O) groups excluding carboxylic acids is 2. The van der Waals surface area contributed by atoms with Crippen LogP contribution in [0.1, 0.15) is 56.3 Å². The molecule has 0 radical (unpaired) electrons. The minimum absolute atomic E-state index is 0.102. The summed E-state index contributed by atoms with van der Waals surface area (Å²) >= 11 is 0. The molecule has 2 fully saturated rings. The van der Waals surface area contributed by atoms with Crippen LogP contribution in [0.15, 0.2) is 48.0 Å². The highest BCUT2D eigenvalue weighted by Crippen LogP contribution is 2.40. The predicted octanol–water partition coefficient (Wildman–Crippen LogP) is 4.96. The van der Waals surface area contributed by atoms with Crippen molar-refractivity contribution < 1.29 is 28.9 Å². The smallest absolute Gasteiger partial charge is 0.295 e. The number of aliphatic hydroxyl groups is 1. The Morgan fingerprint density at radius 3 is 2.38 bits per heavy atom. The summed E-state index contributed by atoms with van der Waals surface area (Å²) in [5.74, 6) is 0.364. The number of Topliss-reactive ketones (excluding diaryl/α,β-unsaturated/α-hetero) is 1. The highest BCUT2D eigenvalue weighted by molar-refractivity contribution is 6.46. The first-order chi connectivity index (χ1) is 19.3. The van der Waals surface area contributed by atoms with E-state index in [2.05, 4.69) is 25.7 Å². The zero-order valence-corrected chi connectivity index (χ0v) is 24.2. The number of nitrogens with zero attached hydrogens (tertiary/aromatic N) is 2. The van der Waals surface area contributed by atoms with Crippen molar-refractivity contribution in [2.45, 2.75) is 46.6 Å². The number of likely N-dealkylation sites (tertiary alicyclic amines) is 1. The lowest BCUT2D eigenvalue weighted by atomic mass is 9.94. The van der Waals surface area contributed by atoms with E-state index in [1.165, 1.54) is 0 Å². The van der Waals surface area contributed by atoms with E-state index in [0.717, 1.165) is 42.8 Å². The van der Waals surface area contributed by atoms with Crippen molar-refractivity contribution >= 4 is 17.4 Å². The zero-order valence-electron chi connectivity index (χ0n) is 24.2. The van der Waals surface area contributed by atoms with Gasteiger partial charge in [0.25, 0.3) is 11.7 Å². The lowest BCUT2D eigenvalue weighted by molar-refractivity contribution is -0.140. The van der Waals surface area contributed by atoms with Gasteiger partial charge in [-0.3, -0.25) is 14.5 Å². The van der Waals surface area contributed by atoms with Crippen molar-refractivity contribution in [3.8, 4) is 11.5 Å². The van der Waals surface area contributed by atoms with Gasteiger partial charge in [0.1, 0.15) is 17.3 Å². The molecule has 8 nitrogen and oxygen atoms in total. The Labute approximate surface area is 237 Å². The van der Waals surface area contributed by atoms with Gasteiger partial charge in [0.2, 0.25) is 0 Å². The van der Waals surface area contributed by atoms with Crippen molar-refractivity contribution in [2.75, 3.05) is 52.6 Å². The first kappa shape index (κ1) is 29.6. The van der Waals surface area contributed by atoms with Crippen LogP contribution in [0.5, 0.6) is 11.5 Å². The van der Waals surface area contributed by atoms with Crippen LogP contribution in [0.2, 0.25) is 0 Å². The number of ether oxygens (including phenoxy) is 3. The van der Waals surface area contributed by atoms with Crippen molar-refractivity contribution in [2.24, 2.45) is 5.92 Å². The number of unbranched alkanes of at least 4 members (excludes halogenated alkanes) is 1. The minimum Gasteiger partial charge on any atom is -0.507 e. The number of amides is 1. The van der Waals surface area contributed by atoms with Crippen molar-refractivity contribution in [3.63, 3.8) is 0 Å². The molecule has 2 saturated heterocycles. The fraction of sp³-hybridized carbons (Fsp3) is 0.500. The number of morpholine rings is 1. The van der Waals surface area contributed by atoms with Crippen molar-refractivity contribution in [3.05, 3.63) is 64.7 Å². The summed E-state index contributed by atoms with van der Waals surface area (Å²) in [6, 6.07) is 12.2. The number of hydrogen-bond donors (Lipinski definition) is 1. The Morgan fingerprint density at radius 1 is 1.02 bits per heavy atom. The van der Waals surface area contributed by atoms with E-state index in [9.17, 15) is 14.7 Å². The summed E-state index contributed by atoms with van der Waals surface area (Å²) in [6.07, 6.45) is 2.00. The molecule has 0 saturated carbocycles. The Kier molecular flexibility index (Phi) is 10.2. The molecule has 0 spiro atoms. The van der Waals surface area contributed by atoms with Gasteiger partial charge in [-0.25, -0.2) is 0 Å². The molecule has 40 heavy (non-hydrogen) atoms. The fourth-order valence-electron chi connectivity index (χ4n) is 5.01. The number of aliphatic hydroxyl groups excluding tert-OH is 1. The van der Waals surface area contributed by atoms with Crippen LogP contribution < -0.4 is 9.47 Å². The van der Waals surface area contributed by atoms with Crippen molar-refractivity contribution in [1.29, 1.82) is 0 Å². The summed E-state index contributed by atoms with van der Waals surface area (Å²) in [4.78, 5) is 30.7. The van der Waals surface area contributed by atoms with Gasteiger partial charge in [0.15, 0.2) is 0 Å². The highest BCUT2D eigenvalue weighted by atomic mass is 16.5. The van der Waals surface area contributed by atoms with Crippen LogP contribution in [-0.4, -0.2) is 79.2 Å². The van der Waals surface area contributed by atoms with E-state index in [4.69, 9.17) is 14.2 Å². The number of aryl methyl sites for hydroxylation is 1. The van der Waals surface area contributed by atoms with Gasteiger partial charge in [0, 0.05) is 31.7 Å². The Balaban J connectivity index is 1.68. The zero-order chi connectivity index (χ0) is 28.6. The molecule has 2 heterocycles. The largest absolute Gasteiger partial charge is 0.507 e. The highest BCUT2D eigenvalue weighted by Gasteiger charge is 2.46. The number of carbonyl (C=O) groups is 2. The molecular formula is C32H42N2O6. The van der Waals surface area contributed by atoms with Crippen LogP contribution in [-0.2, 0) is 14.3 Å². The quantitative estimate of drug-likeness (QED) is 0.173. The van der Waals surface area contributed by atoms with E-state index >= 15 is 0 Å². The van der Waals surface area contributed by atoms with Gasteiger partial charge >= 0.3 is 0 Å². The van der Waals surface area contributed by atoms with Crippen LogP contribution >= 0.6 is 0 Å². The molecule has 8 heteroatoms. The third-order valence-electron chi connectivity index (χ3n) is 7.30. The molecule has 0 aromatic heterocycles. The molecular weight excluding hydrogens is 508 g/mol. The second kappa shape index (κ2) is 13.8.